The first-order chi connectivity index (χ1) is 11.8. The second kappa shape index (κ2) is 12.0. The van der Waals surface area contributed by atoms with Crippen LogP contribution in [0.3, 0.4) is 0 Å². The lowest BCUT2D eigenvalue weighted by Crippen LogP contribution is -2.38. The Balaban J connectivity index is 0.00000312. The zero-order chi connectivity index (χ0) is 17.2. The molecule has 2 N–H and O–H groups in total. The standard InChI is InChI=1S/C19H28N4O.HI/c1-4-12-21-19(20-5-2)22-15-18(23-13-6-7-14-23)16-8-10-17(24-3)11-9-16;/h1,8-11,18H,5-7,12-15H2,2-3H3,(H2,20,21,22);1H. The molecule has 1 aromatic rings. The molecule has 0 aliphatic carbocycles. The Kier molecular flexibility index (Phi) is 10.3. The van der Waals surface area contributed by atoms with Crippen molar-refractivity contribution in [2.45, 2.75) is 25.8 Å². The monoisotopic (exact) mass is 456 g/mol. The predicted molar refractivity (Wildman–Crippen MR) is 115 cm³/mol. The van der Waals surface area contributed by atoms with Crippen molar-refractivity contribution < 1.29 is 4.74 Å². The molecule has 1 fully saturated rings. The summed E-state index contributed by atoms with van der Waals surface area (Å²) >= 11 is 0. The van der Waals surface area contributed by atoms with E-state index >= 15 is 0 Å². The minimum atomic E-state index is 0. The van der Waals surface area contributed by atoms with Crippen LogP contribution in [0.4, 0.5) is 0 Å². The molecule has 2 rings (SSSR count). The lowest BCUT2D eigenvalue weighted by Gasteiger charge is -2.27. The summed E-state index contributed by atoms with van der Waals surface area (Å²) in [4.78, 5) is 7.25. The van der Waals surface area contributed by atoms with E-state index in [1.54, 1.807) is 7.11 Å². The number of guanidine groups is 1. The van der Waals surface area contributed by atoms with Gasteiger partial charge in [0, 0.05) is 6.54 Å². The molecule has 1 saturated heterocycles. The maximum Gasteiger partial charge on any atom is 0.192 e. The molecule has 1 unspecified atom stereocenters. The number of nitrogens with zero attached hydrogens (tertiary/aromatic N) is 2. The Hall–Kier alpha value is -1.46. The van der Waals surface area contributed by atoms with Crippen LogP contribution in [0.15, 0.2) is 29.3 Å². The summed E-state index contributed by atoms with van der Waals surface area (Å²) in [6, 6.07) is 8.59. The fraction of sp³-hybridized carbons (Fsp3) is 0.526. The predicted octanol–water partition coefficient (Wildman–Crippen LogP) is 2.64. The highest BCUT2D eigenvalue weighted by Gasteiger charge is 2.23. The van der Waals surface area contributed by atoms with Crippen molar-refractivity contribution in [3.63, 3.8) is 0 Å². The van der Waals surface area contributed by atoms with Gasteiger partial charge in [-0.15, -0.1) is 30.4 Å². The van der Waals surface area contributed by atoms with Crippen LogP contribution in [0.5, 0.6) is 5.75 Å². The van der Waals surface area contributed by atoms with E-state index in [0.717, 1.165) is 31.3 Å². The van der Waals surface area contributed by atoms with Gasteiger partial charge >= 0.3 is 0 Å². The molecular formula is C19H29IN4O. The second-order valence-corrected chi connectivity index (χ2v) is 5.81. The van der Waals surface area contributed by atoms with E-state index in [0.29, 0.717) is 13.1 Å². The molecule has 0 radical (unpaired) electrons. The molecule has 0 spiro atoms. The zero-order valence-corrected chi connectivity index (χ0v) is 17.5. The van der Waals surface area contributed by atoms with Crippen LogP contribution in [0.25, 0.3) is 0 Å². The van der Waals surface area contributed by atoms with Crippen molar-refractivity contribution in [1.82, 2.24) is 15.5 Å². The van der Waals surface area contributed by atoms with Gasteiger partial charge < -0.3 is 15.4 Å². The van der Waals surface area contributed by atoms with Crippen molar-refractivity contribution in [2.24, 2.45) is 4.99 Å². The average molecular weight is 456 g/mol. The first-order valence-corrected chi connectivity index (χ1v) is 8.62. The minimum absolute atomic E-state index is 0. The number of terminal acetylenes is 1. The van der Waals surface area contributed by atoms with Crippen LogP contribution in [0.1, 0.15) is 31.4 Å². The summed E-state index contributed by atoms with van der Waals surface area (Å²) in [5.41, 5.74) is 1.27. The molecule has 0 aromatic heterocycles. The molecule has 1 heterocycles. The third-order valence-electron chi connectivity index (χ3n) is 4.21. The van der Waals surface area contributed by atoms with Gasteiger partial charge in [0.05, 0.1) is 26.2 Å². The van der Waals surface area contributed by atoms with Gasteiger partial charge in [0.15, 0.2) is 5.96 Å². The third kappa shape index (κ3) is 6.75. The summed E-state index contributed by atoms with van der Waals surface area (Å²) in [6.45, 7) is 6.29. The Morgan fingerprint density at radius 1 is 1.28 bits per heavy atom. The number of hydrogen-bond donors (Lipinski definition) is 2. The summed E-state index contributed by atoms with van der Waals surface area (Å²) < 4.78 is 5.27. The molecule has 6 heteroatoms. The summed E-state index contributed by atoms with van der Waals surface area (Å²) in [6.07, 6.45) is 7.84. The van der Waals surface area contributed by atoms with Gasteiger partial charge in [-0.05, 0) is 50.6 Å². The van der Waals surface area contributed by atoms with Gasteiger partial charge in [0.2, 0.25) is 0 Å². The van der Waals surface area contributed by atoms with Gasteiger partial charge in [0.25, 0.3) is 0 Å². The maximum atomic E-state index is 5.33. The number of hydrogen-bond acceptors (Lipinski definition) is 3. The number of halogens is 1. The van der Waals surface area contributed by atoms with Crippen molar-refractivity contribution in [3.8, 4) is 18.1 Å². The summed E-state index contributed by atoms with van der Waals surface area (Å²) in [5.74, 6) is 4.24. The molecule has 1 aromatic carbocycles. The van der Waals surface area contributed by atoms with E-state index in [9.17, 15) is 0 Å². The largest absolute Gasteiger partial charge is 0.497 e. The molecule has 1 atom stereocenters. The second-order valence-electron chi connectivity index (χ2n) is 5.81. The minimum Gasteiger partial charge on any atom is -0.497 e. The van der Waals surface area contributed by atoms with Crippen molar-refractivity contribution in [2.75, 3.05) is 39.8 Å². The number of rotatable bonds is 7. The lowest BCUT2D eigenvalue weighted by atomic mass is 10.1. The molecule has 1 aliphatic rings. The smallest absolute Gasteiger partial charge is 0.192 e. The van der Waals surface area contributed by atoms with E-state index in [-0.39, 0.29) is 30.0 Å². The Labute approximate surface area is 168 Å². The number of aliphatic imine (C=N–C) groups is 1. The van der Waals surface area contributed by atoms with Crippen molar-refractivity contribution in [3.05, 3.63) is 29.8 Å². The van der Waals surface area contributed by atoms with Gasteiger partial charge in [-0.25, -0.2) is 0 Å². The summed E-state index contributed by atoms with van der Waals surface area (Å²) in [5, 5.41) is 6.39. The quantitative estimate of drug-likeness (QED) is 0.287. The molecule has 0 amide bonds. The normalized spacial score (nSPS) is 15.8. The Morgan fingerprint density at radius 3 is 2.52 bits per heavy atom. The fourth-order valence-corrected chi connectivity index (χ4v) is 2.97. The SMILES string of the molecule is C#CCNC(=NCC(c1ccc(OC)cc1)N1CCCC1)NCC.I. The highest BCUT2D eigenvalue weighted by molar-refractivity contribution is 14.0. The van der Waals surface area contributed by atoms with Crippen LogP contribution < -0.4 is 15.4 Å². The number of ether oxygens (including phenoxy) is 1. The van der Waals surface area contributed by atoms with Crippen LogP contribution in [-0.4, -0.2) is 50.7 Å². The number of methoxy groups -OCH3 is 1. The van der Waals surface area contributed by atoms with Gasteiger partial charge in [-0.2, -0.15) is 0 Å². The van der Waals surface area contributed by atoms with Gasteiger partial charge in [-0.3, -0.25) is 9.89 Å². The highest BCUT2D eigenvalue weighted by Crippen LogP contribution is 2.27. The Bertz CT molecular complexity index is 562. The highest BCUT2D eigenvalue weighted by atomic mass is 127. The van der Waals surface area contributed by atoms with Crippen molar-refractivity contribution in [1.29, 1.82) is 0 Å². The zero-order valence-electron chi connectivity index (χ0n) is 15.1. The molecule has 0 saturated carbocycles. The Morgan fingerprint density at radius 2 is 1.96 bits per heavy atom. The molecule has 25 heavy (non-hydrogen) atoms. The van der Waals surface area contributed by atoms with Crippen LogP contribution in [-0.2, 0) is 0 Å². The van der Waals surface area contributed by atoms with Crippen LogP contribution in [0.2, 0.25) is 0 Å². The first kappa shape index (κ1) is 21.6. The molecule has 138 valence electrons. The van der Waals surface area contributed by atoms with E-state index in [1.165, 1.54) is 18.4 Å². The van der Waals surface area contributed by atoms with E-state index in [2.05, 4.69) is 40.5 Å². The first-order valence-electron chi connectivity index (χ1n) is 8.62. The maximum absolute atomic E-state index is 5.33. The molecule has 5 nitrogen and oxygen atoms in total. The third-order valence-corrected chi connectivity index (χ3v) is 4.21. The lowest BCUT2D eigenvalue weighted by molar-refractivity contribution is 0.251. The van der Waals surface area contributed by atoms with Crippen LogP contribution in [0, 0.1) is 12.3 Å². The van der Waals surface area contributed by atoms with Gasteiger partial charge in [-0.1, -0.05) is 18.1 Å². The van der Waals surface area contributed by atoms with E-state index < -0.39 is 0 Å². The fourth-order valence-electron chi connectivity index (χ4n) is 2.97. The number of likely N-dealkylation sites (tertiary alicyclic amines) is 1. The number of nitrogens with one attached hydrogen (secondary N) is 2. The van der Waals surface area contributed by atoms with E-state index in [1.807, 2.05) is 12.1 Å². The summed E-state index contributed by atoms with van der Waals surface area (Å²) in [7, 11) is 1.69. The average Bonchev–Trinajstić information content (AvgIpc) is 3.14. The number of benzene rings is 1. The molecule has 0 bridgehead atoms. The van der Waals surface area contributed by atoms with Crippen LogP contribution >= 0.6 is 24.0 Å². The topological polar surface area (TPSA) is 48.9 Å². The van der Waals surface area contributed by atoms with Crippen molar-refractivity contribution >= 4 is 29.9 Å². The molecular weight excluding hydrogens is 427 g/mol. The van der Waals surface area contributed by atoms with Gasteiger partial charge in [0.1, 0.15) is 5.75 Å². The van der Waals surface area contributed by atoms with E-state index in [4.69, 9.17) is 16.2 Å². The molecule has 1 aliphatic heterocycles.